The molecular formula is C26H23Br2N3O4. The Labute approximate surface area is 219 Å². The van der Waals surface area contributed by atoms with Crippen LogP contribution in [0.2, 0.25) is 0 Å². The average Bonchev–Trinajstić information content (AvgIpc) is 3.07. The van der Waals surface area contributed by atoms with Gasteiger partial charge in [0.2, 0.25) is 5.91 Å². The number of esters is 1. The highest BCUT2D eigenvalue weighted by Crippen LogP contribution is 2.56. The van der Waals surface area contributed by atoms with Gasteiger partial charge in [0.25, 0.3) is 0 Å². The Morgan fingerprint density at radius 3 is 2.66 bits per heavy atom. The van der Waals surface area contributed by atoms with Gasteiger partial charge in [0, 0.05) is 37.9 Å². The molecule has 0 radical (unpaired) electrons. The third-order valence-electron chi connectivity index (χ3n) is 6.70. The summed E-state index contributed by atoms with van der Waals surface area (Å²) in [6, 6.07) is 11.1. The quantitative estimate of drug-likeness (QED) is 0.482. The number of ketones is 1. The van der Waals surface area contributed by atoms with Crippen molar-refractivity contribution in [3.05, 3.63) is 79.1 Å². The molecule has 0 bridgehead atoms. The number of carbonyl (C=O) groups is 3. The number of ether oxygens (including phenoxy) is 1. The number of allylic oxidation sites excluding steroid dienone is 1. The minimum absolute atomic E-state index is 0.0370. The number of fused-ring (bicyclic) bond motifs is 3. The first-order valence-electron chi connectivity index (χ1n) is 11.3. The lowest BCUT2D eigenvalue weighted by Gasteiger charge is -2.44. The molecule has 2 aromatic rings. The summed E-state index contributed by atoms with van der Waals surface area (Å²) < 4.78 is 7.01. The van der Waals surface area contributed by atoms with Crippen molar-refractivity contribution in [3.8, 4) is 0 Å². The second-order valence-corrected chi connectivity index (χ2v) is 10.5. The zero-order chi connectivity index (χ0) is 25.1. The summed E-state index contributed by atoms with van der Waals surface area (Å²) in [5.41, 5.74) is 8.66. The fourth-order valence-electron chi connectivity index (χ4n) is 5.36. The lowest BCUT2D eigenvalue weighted by molar-refractivity contribution is -0.140. The second-order valence-electron chi connectivity index (χ2n) is 8.76. The van der Waals surface area contributed by atoms with E-state index in [0.29, 0.717) is 39.9 Å². The predicted molar refractivity (Wildman–Crippen MR) is 140 cm³/mol. The topological polar surface area (TPSA) is 102 Å². The van der Waals surface area contributed by atoms with Gasteiger partial charge in [-0.1, -0.05) is 33.6 Å². The highest BCUT2D eigenvalue weighted by atomic mass is 79.9. The molecule has 5 rings (SSSR count). The Bertz CT molecular complexity index is 1380. The van der Waals surface area contributed by atoms with E-state index in [9.17, 15) is 14.4 Å². The SMILES string of the molecule is CCOC(=O)C1=C(N)N(c2ccc(Br)cc2Br)C2=C(C(=O)CCC2)C12C(=O)Nc1ccc(C)cc12. The summed E-state index contributed by atoms with van der Waals surface area (Å²) in [7, 11) is 0. The van der Waals surface area contributed by atoms with E-state index in [1.165, 1.54) is 0 Å². The summed E-state index contributed by atoms with van der Waals surface area (Å²) in [5.74, 6) is -1.30. The fourth-order valence-corrected chi connectivity index (χ4v) is 6.59. The van der Waals surface area contributed by atoms with Gasteiger partial charge in [0.05, 0.1) is 12.3 Å². The number of nitrogens with two attached hydrogens (primary N) is 1. The van der Waals surface area contributed by atoms with Gasteiger partial charge < -0.3 is 15.8 Å². The standard InChI is InChI=1S/C26H23Br2N3O4/c1-3-35-24(33)22-23(29)31(18-10-8-14(27)12-16(18)28)19-5-4-6-20(32)21(19)26(22)15-11-13(2)7-9-17(15)30-25(26)34/h7-12H,3-6,29H2,1-2H3,(H,30,34). The minimum atomic E-state index is -1.68. The number of amides is 1. The van der Waals surface area contributed by atoms with E-state index in [2.05, 4.69) is 37.2 Å². The van der Waals surface area contributed by atoms with Crippen molar-refractivity contribution >= 4 is 60.9 Å². The van der Waals surface area contributed by atoms with Crippen LogP contribution >= 0.6 is 31.9 Å². The first-order chi connectivity index (χ1) is 16.7. The largest absolute Gasteiger partial charge is 0.462 e. The Balaban J connectivity index is 1.92. The molecule has 7 nitrogen and oxygen atoms in total. The van der Waals surface area contributed by atoms with Gasteiger partial charge in [-0.15, -0.1) is 0 Å². The van der Waals surface area contributed by atoms with Crippen molar-refractivity contribution in [3.63, 3.8) is 0 Å². The van der Waals surface area contributed by atoms with Gasteiger partial charge in [-0.2, -0.15) is 0 Å². The Morgan fingerprint density at radius 1 is 1.17 bits per heavy atom. The van der Waals surface area contributed by atoms with Crippen LogP contribution in [0.1, 0.15) is 37.3 Å². The number of nitrogens with one attached hydrogen (secondary N) is 1. The number of hydrogen-bond donors (Lipinski definition) is 2. The molecule has 2 aliphatic heterocycles. The molecule has 2 heterocycles. The van der Waals surface area contributed by atoms with Gasteiger partial charge in [-0.25, -0.2) is 4.79 Å². The van der Waals surface area contributed by atoms with Gasteiger partial charge >= 0.3 is 5.97 Å². The van der Waals surface area contributed by atoms with Crippen LogP contribution in [-0.2, 0) is 24.5 Å². The maximum Gasteiger partial charge on any atom is 0.339 e. The molecular weight excluding hydrogens is 578 g/mol. The number of Topliss-reactive ketones (excluding diaryl/α,β-unsaturated/α-hetero) is 1. The van der Waals surface area contributed by atoms with Crippen LogP contribution in [-0.4, -0.2) is 24.3 Å². The van der Waals surface area contributed by atoms with Crippen molar-refractivity contribution in [1.29, 1.82) is 0 Å². The van der Waals surface area contributed by atoms with E-state index >= 15 is 0 Å². The van der Waals surface area contributed by atoms with E-state index in [1.807, 2.05) is 37.3 Å². The van der Waals surface area contributed by atoms with Crippen molar-refractivity contribution in [2.24, 2.45) is 5.73 Å². The monoisotopic (exact) mass is 599 g/mol. The van der Waals surface area contributed by atoms with Crippen molar-refractivity contribution in [2.45, 2.75) is 38.5 Å². The summed E-state index contributed by atoms with van der Waals surface area (Å²) in [6.45, 7) is 3.69. The minimum Gasteiger partial charge on any atom is -0.462 e. The van der Waals surface area contributed by atoms with Crippen molar-refractivity contribution in [2.75, 3.05) is 16.8 Å². The number of nitrogens with zero attached hydrogens (tertiary/aromatic N) is 1. The van der Waals surface area contributed by atoms with E-state index in [4.69, 9.17) is 10.5 Å². The molecule has 1 unspecified atom stereocenters. The van der Waals surface area contributed by atoms with E-state index < -0.39 is 17.3 Å². The second kappa shape index (κ2) is 8.64. The van der Waals surface area contributed by atoms with Crippen LogP contribution in [0.25, 0.3) is 0 Å². The van der Waals surface area contributed by atoms with Crippen LogP contribution in [0.4, 0.5) is 11.4 Å². The van der Waals surface area contributed by atoms with Crippen LogP contribution in [0.15, 0.2) is 68.0 Å². The molecule has 3 aliphatic rings. The highest BCUT2D eigenvalue weighted by molar-refractivity contribution is 9.11. The summed E-state index contributed by atoms with van der Waals surface area (Å²) in [6.07, 6.45) is 1.42. The maximum atomic E-state index is 13.9. The van der Waals surface area contributed by atoms with Gasteiger partial charge in [-0.05, 0) is 66.9 Å². The molecule has 1 spiro atoms. The summed E-state index contributed by atoms with van der Waals surface area (Å²) >= 11 is 7.06. The third-order valence-corrected chi connectivity index (χ3v) is 7.83. The number of rotatable bonds is 3. The molecule has 0 fully saturated rings. The summed E-state index contributed by atoms with van der Waals surface area (Å²) in [5, 5.41) is 2.90. The fraction of sp³-hybridized carbons (Fsp3) is 0.269. The van der Waals surface area contributed by atoms with Crippen LogP contribution < -0.4 is 16.0 Å². The molecule has 35 heavy (non-hydrogen) atoms. The lowest BCUT2D eigenvalue weighted by Crippen LogP contribution is -2.53. The van der Waals surface area contributed by atoms with Gasteiger partial charge in [0.15, 0.2) is 5.78 Å². The first-order valence-corrected chi connectivity index (χ1v) is 12.9. The van der Waals surface area contributed by atoms with Gasteiger partial charge in [-0.3, -0.25) is 14.5 Å². The molecule has 1 aliphatic carbocycles. The molecule has 9 heteroatoms. The molecule has 0 aromatic heterocycles. The number of aryl methyl sites for hydroxylation is 1. The Hall–Kier alpha value is -2.91. The first kappa shape index (κ1) is 23.8. The number of halogens is 2. The van der Waals surface area contributed by atoms with Crippen LogP contribution in [0, 0.1) is 6.92 Å². The van der Waals surface area contributed by atoms with E-state index in [0.717, 1.165) is 10.0 Å². The smallest absolute Gasteiger partial charge is 0.339 e. The van der Waals surface area contributed by atoms with E-state index in [-0.39, 0.29) is 35.8 Å². The highest BCUT2D eigenvalue weighted by Gasteiger charge is 2.62. The Kier molecular flexibility index (Phi) is 5.88. The lowest BCUT2D eigenvalue weighted by atomic mass is 9.63. The molecule has 180 valence electrons. The van der Waals surface area contributed by atoms with Crippen molar-refractivity contribution < 1.29 is 19.1 Å². The zero-order valence-corrected chi connectivity index (χ0v) is 22.4. The molecule has 1 amide bonds. The molecule has 0 saturated heterocycles. The number of carbonyl (C=O) groups excluding carboxylic acids is 3. The maximum absolute atomic E-state index is 13.9. The number of hydrogen-bond acceptors (Lipinski definition) is 6. The van der Waals surface area contributed by atoms with Gasteiger partial charge in [0.1, 0.15) is 16.8 Å². The third kappa shape index (κ3) is 3.39. The van der Waals surface area contributed by atoms with Crippen LogP contribution in [0.5, 0.6) is 0 Å². The predicted octanol–water partition coefficient (Wildman–Crippen LogP) is 4.97. The Morgan fingerprint density at radius 2 is 1.94 bits per heavy atom. The number of benzene rings is 2. The number of anilines is 2. The molecule has 0 saturated carbocycles. The van der Waals surface area contributed by atoms with Crippen LogP contribution in [0.3, 0.4) is 0 Å². The molecule has 2 aromatic carbocycles. The normalized spacial score (nSPS) is 21.3. The molecule has 3 N–H and O–H groups in total. The zero-order valence-electron chi connectivity index (χ0n) is 19.2. The average molecular weight is 601 g/mol. The molecule has 1 atom stereocenters. The van der Waals surface area contributed by atoms with E-state index in [1.54, 1.807) is 17.9 Å². The van der Waals surface area contributed by atoms with Crippen molar-refractivity contribution in [1.82, 2.24) is 0 Å². The summed E-state index contributed by atoms with van der Waals surface area (Å²) in [4.78, 5) is 42.9.